The fraction of sp³-hybridized carbons (Fsp3) is 0.200. The van der Waals surface area contributed by atoms with Gasteiger partial charge in [0.25, 0.3) is 5.69 Å². The smallest absolute Gasteiger partial charge is 0.293 e. The van der Waals surface area contributed by atoms with Crippen molar-refractivity contribution in [2.45, 2.75) is 14.4 Å². The van der Waals surface area contributed by atoms with Gasteiger partial charge in [-0.25, -0.2) is 0 Å². The number of rotatable bonds is 6. The van der Waals surface area contributed by atoms with E-state index < -0.39 is 4.92 Å². The topological polar surface area (TPSA) is 107 Å². The predicted octanol–water partition coefficient (Wildman–Crippen LogP) is 2.75. The highest BCUT2D eigenvalue weighted by Gasteiger charge is 2.13. The molecule has 0 fully saturated rings. The SMILES string of the molecule is CSc1nnc(SCc2ccc([N+](=O)[O-])c(NN)c2)s1. The highest BCUT2D eigenvalue weighted by molar-refractivity contribution is 8.02. The Morgan fingerprint density at radius 2 is 2.20 bits per heavy atom. The van der Waals surface area contributed by atoms with Crippen molar-refractivity contribution in [3.8, 4) is 0 Å². The lowest BCUT2D eigenvalue weighted by molar-refractivity contribution is -0.384. The second kappa shape index (κ2) is 6.88. The van der Waals surface area contributed by atoms with Crippen LogP contribution in [-0.4, -0.2) is 21.4 Å². The minimum Gasteiger partial charge on any atom is -0.318 e. The zero-order chi connectivity index (χ0) is 14.5. The molecule has 7 nitrogen and oxygen atoms in total. The molecule has 0 bridgehead atoms. The summed E-state index contributed by atoms with van der Waals surface area (Å²) in [6.07, 6.45) is 1.95. The summed E-state index contributed by atoms with van der Waals surface area (Å²) >= 11 is 4.61. The molecule has 106 valence electrons. The average molecular weight is 329 g/mol. The van der Waals surface area contributed by atoms with E-state index in [1.165, 1.54) is 29.2 Å². The molecule has 0 unspecified atom stereocenters. The number of anilines is 1. The molecule has 2 aromatic rings. The number of benzene rings is 1. The number of nitro benzene ring substituents is 1. The maximum atomic E-state index is 10.8. The third-order valence-corrected chi connectivity index (χ3v) is 5.44. The quantitative estimate of drug-likeness (QED) is 0.360. The molecule has 0 aliphatic heterocycles. The van der Waals surface area contributed by atoms with Crippen LogP contribution in [0.25, 0.3) is 0 Å². The van der Waals surface area contributed by atoms with Crippen molar-refractivity contribution in [2.24, 2.45) is 5.84 Å². The Bertz CT molecular complexity index is 619. The lowest BCUT2D eigenvalue weighted by Crippen LogP contribution is -2.09. The third-order valence-electron chi connectivity index (χ3n) is 2.34. The van der Waals surface area contributed by atoms with Gasteiger partial charge in [-0.15, -0.1) is 10.2 Å². The van der Waals surface area contributed by atoms with Crippen LogP contribution in [0.3, 0.4) is 0 Å². The van der Waals surface area contributed by atoms with Crippen LogP contribution in [0.4, 0.5) is 11.4 Å². The number of hydrazine groups is 1. The molecule has 0 saturated carbocycles. The first-order chi connectivity index (χ1) is 9.63. The number of thioether (sulfide) groups is 2. The van der Waals surface area contributed by atoms with Crippen molar-refractivity contribution < 1.29 is 4.92 Å². The zero-order valence-electron chi connectivity index (χ0n) is 10.4. The largest absolute Gasteiger partial charge is 0.318 e. The Morgan fingerprint density at radius 3 is 2.80 bits per heavy atom. The average Bonchev–Trinajstić information content (AvgIpc) is 2.92. The van der Waals surface area contributed by atoms with E-state index in [0.29, 0.717) is 11.4 Å². The van der Waals surface area contributed by atoms with E-state index >= 15 is 0 Å². The molecule has 0 aliphatic carbocycles. The van der Waals surface area contributed by atoms with E-state index in [2.05, 4.69) is 15.6 Å². The lowest BCUT2D eigenvalue weighted by Gasteiger charge is -2.04. The van der Waals surface area contributed by atoms with Gasteiger partial charge in [0.1, 0.15) is 5.69 Å². The van der Waals surface area contributed by atoms with Crippen molar-refractivity contribution in [2.75, 3.05) is 11.7 Å². The van der Waals surface area contributed by atoms with Gasteiger partial charge in [-0.05, 0) is 17.9 Å². The second-order valence-corrected chi connectivity index (χ2v) is 6.83. The maximum absolute atomic E-state index is 10.8. The summed E-state index contributed by atoms with van der Waals surface area (Å²) in [5.41, 5.74) is 3.54. The van der Waals surface area contributed by atoms with E-state index in [9.17, 15) is 10.1 Å². The van der Waals surface area contributed by atoms with Gasteiger partial charge in [0.2, 0.25) is 0 Å². The summed E-state index contributed by atoms with van der Waals surface area (Å²) in [5, 5.41) is 18.9. The fourth-order valence-corrected chi connectivity index (χ4v) is 3.81. The first-order valence-electron chi connectivity index (χ1n) is 5.38. The molecule has 1 aromatic carbocycles. The monoisotopic (exact) mass is 329 g/mol. The van der Waals surface area contributed by atoms with E-state index in [0.717, 1.165) is 14.2 Å². The van der Waals surface area contributed by atoms with Crippen molar-refractivity contribution in [3.63, 3.8) is 0 Å². The zero-order valence-corrected chi connectivity index (χ0v) is 12.8. The predicted molar refractivity (Wildman–Crippen MR) is 82.2 cm³/mol. The van der Waals surface area contributed by atoms with Crippen molar-refractivity contribution >= 4 is 46.2 Å². The molecular formula is C10H11N5O2S3. The molecule has 0 aliphatic rings. The molecule has 3 N–H and O–H groups in total. The second-order valence-electron chi connectivity index (χ2n) is 3.58. The van der Waals surface area contributed by atoms with Gasteiger partial charge in [0, 0.05) is 11.8 Å². The van der Waals surface area contributed by atoms with Crippen LogP contribution in [0, 0.1) is 10.1 Å². The summed E-state index contributed by atoms with van der Waals surface area (Å²) < 4.78 is 1.79. The van der Waals surface area contributed by atoms with Crippen LogP contribution in [0.2, 0.25) is 0 Å². The third kappa shape index (κ3) is 3.60. The molecule has 2 rings (SSSR count). The number of nitro groups is 1. The van der Waals surface area contributed by atoms with Gasteiger partial charge in [-0.2, -0.15) is 0 Å². The van der Waals surface area contributed by atoms with Gasteiger partial charge in [0.15, 0.2) is 8.68 Å². The van der Waals surface area contributed by atoms with Crippen LogP contribution >= 0.6 is 34.9 Å². The lowest BCUT2D eigenvalue weighted by atomic mass is 10.2. The molecule has 1 heterocycles. The molecule has 0 spiro atoms. The maximum Gasteiger partial charge on any atom is 0.293 e. The van der Waals surface area contributed by atoms with Gasteiger partial charge in [-0.1, -0.05) is 40.9 Å². The number of hydrogen-bond acceptors (Lipinski definition) is 9. The van der Waals surface area contributed by atoms with Crippen molar-refractivity contribution in [3.05, 3.63) is 33.9 Å². The fourth-order valence-electron chi connectivity index (χ4n) is 1.43. The first-order valence-corrected chi connectivity index (χ1v) is 8.41. The van der Waals surface area contributed by atoms with Gasteiger partial charge in [0.05, 0.1) is 4.92 Å². The molecule has 0 saturated heterocycles. The molecule has 0 amide bonds. The van der Waals surface area contributed by atoms with E-state index in [-0.39, 0.29) is 5.69 Å². The Labute approximate surface area is 127 Å². The number of nitrogen functional groups attached to an aromatic ring is 1. The summed E-state index contributed by atoms with van der Waals surface area (Å²) in [6.45, 7) is 0. The molecular weight excluding hydrogens is 318 g/mol. The summed E-state index contributed by atoms with van der Waals surface area (Å²) in [6, 6.07) is 4.82. The van der Waals surface area contributed by atoms with E-state index in [1.807, 2.05) is 6.26 Å². The minimum atomic E-state index is -0.471. The molecule has 0 atom stereocenters. The Hall–Kier alpha value is -1.36. The molecule has 1 aromatic heterocycles. The number of nitrogens with zero attached hydrogens (tertiary/aromatic N) is 3. The minimum absolute atomic E-state index is 0.0400. The van der Waals surface area contributed by atoms with Crippen LogP contribution in [0.1, 0.15) is 5.56 Å². The Balaban J connectivity index is 2.08. The van der Waals surface area contributed by atoms with E-state index in [1.54, 1.807) is 23.9 Å². The number of aromatic nitrogens is 2. The van der Waals surface area contributed by atoms with Crippen LogP contribution in [0.5, 0.6) is 0 Å². The van der Waals surface area contributed by atoms with Crippen LogP contribution in [0.15, 0.2) is 26.9 Å². The molecule has 0 radical (unpaired) electrons. The van der Waals surface area contributed by atoms with Crippen LogP contribution in [-0.2, 0) is 5.75 Å². The van der Waals surface area contributed by atoms with Crippen LogP contribution < -0.4 is 11.3 Å². The summed E-state index contributed by atoms with van der Waals surface area (Å²) in [5.74, 6) is 5.95. The van der Waals surface area contributed by atoms with Gasteiger partial charge >= 0.3 is 0 Å². The normalized spacial score (nSPS) is 10.5. The Morgan fingerprint density at radius 1 is 1.45 bits per heavy atom. The molecule has 20 heavy (non-hydrogen) atoms. The number of hydrogen-bond donors (Lipinski definition) is 2. The molecule has 10 heteroatoms. The van der Waals surface area contributed by atoms with Gasteiger partial charge in [-0.3, -0.25) is 16.0 Å². The first kappa shape index (κ1) is 15.0. The highest BCUT2D eigenvalue weighted by atomic mass is 32.2. The Kier molecular flexibility index (Phi) is 5.17. The van der Waals surface area contributed by atoms with Gasteiger partial charge < -0.3 is 5.43 Å². The van der Waals surface area contributed by atoms with Crippen molar-refractivity contribution in [1.82, 2.24) is 10.2 Å². The summed E-state index contributed by atoms with van der Waals surface area (Å²) in [7, 11) is 0. The highest BCUT2D eigenvalue weighted by Crippen LogP contribution is 2.31. The van der Waals surface area contributed by atoms with E-state index in [4.69, 9.17) is 5.84 Å². The number of nitrogens with one attached hydrogen (secondary N) is 1. The summed E-state index contributed by atoms with van der Waals surface area (Å²) in [4.78, 5) is 10.3. The van der Waals surface area contributed by atoms with Crippen molar-refractivity contribution in [1.29, 1.82) is 0 Å². The number of nitrogens with two attached hydrogens (primary N) is 1. The standard InChI is InChI=1S/C10H11N5O2S3/c1-18-9-13-14-10(20-9)19-5-6-2-3-8(15(16)17)7(4-6)12-11/h2-4,12H,5,11H2,1H3.